The molecule has 3 N–H and O–H groups in total. The zero-order chi connectivity index (χ0) is 16.6. The van der Waals surface area contributed by atoms with Crippen molar-refractivity contribution in [2.75, 3.05) is 59.0 Å². The van der Waals surface area contributed by atoms with Crippen LogP contribution in [0.4, 0.5) is 0 Å². The summed E-state index contributed by atoms with van der Waals surface area (Å²) in [4.78, 5) is 10.9. The largest absolute Gasteiger partial charge is 0.379 e. The van der Waals surface area contributed by atoms with Crippen molar-refractivity contribution in [3.63, 3.8) is 0 Å². The van der Waals surface area contributed by atoms with Crippen LogP contribution in [0.2, 0.25) is 0 Å². The molecule has 0 unspecified atom stereocenters. The topological polar surface area (TPSA) is 66.1 Å². The van der Waals surface area contributed by atoms with Crippen LogP contribution in [0.3, 0.4) is 0 Å². The van der Waals surface area contributed by atoms with E-state index in [9.17, 15) is 0 Å². The molecular formula is C17H29N5OS. The van der Waals surface area contributed by atoms with Gasteiger partial charge in [0, 0.05) is 57.2 Å². The molecule has 1 saturated heterocycles. The van der Waals surface area contributed by atoms with Gasteiger partial charge in [-0.05, 0) is 29.9 Å². The van der Waals surface area contributed by atoms with E-state index in [1.807, 2.05) is 11.3 Å². The van der Waals surface area contributed by atoms with Crippen LogP contribution in [0.1, 0.15) is 16.9 Å². The van der Waals surface area contributed by atoms with E-state index < -0.39 is 0 Å². The molecule has 0 amide bonds. The van der Waals surface area contributed by atoms with Crippen LogP contribution in [-0.2, 0) is 17.7 Å². The number of ether oxygens (including phenoxy) is 1. The van der Waals surface area contributed by atoms with Gasteiger partial charge in [-0.2, -0.15) is 0 Å². The molecule has 1 fully saturated rings. The summed E-state index contributed by atoms with van der Waals surface area (Å²) >= 11 is 1.89. The molecule has 0 bridgehead atoms. The lowest BCUT2D eigenvalue weighted by Gasteiger charge is -2.26. The average Bonchev–Trinajstić information content (AvgIpc) is 3.07. The SMILES string of the molecule is NC(=NCCCN1CCOCC1)NCCN1CCc2sccc2C1. The second-order valence-corrected chi connectivity index (χ2v) is 7.40. The summed E-state index contributed by atoms with van der Waals surface area (Å²) in [6, 6.07) is 2.25. The third kappa shape index (κ3) is 5.44. The fourth-order valence-corrected chi connectivity index (χ4v) is 4.10. The van der Waals surface area contributed by atoms with Gasteiger partial charge in [0.15, 0.2) is 5.96 Å². The van der Waals surface area contributed by atoms with E-state index in [-0.39, 0.29) is 0 Å². The van der Waals surface area contributed by atoms with E-state index in [2.05, 4.69) is 31.6 Å². The van der Waals surface area contributed by atoms with E-state index in [0.29, 0.717) is 5.96 Å². The van der Waals surface area contributed by atoms with Crippen molar-refractivity contribution in [3.05, 3.63) is 21.9 Å². The molecule has 0 aromatic carbocycles. The van der Waals surface area contributed by atoms with Crippen molar-refractivity contribution in [2.45, 2.75) is 19.4 Å². The molecule has 0 atom stereocenters. The minimum absolute atomic E-state index is 0.574. The predicted octanol–water partition coefficient (Wildman–Crippen LogP) is 0.733. The van der Waals surface area contributed by atoms with E-state index >= 15 is 0 Å². The van der Waals surface area contributed by atoms with Crippen LogP contribution < -0.4 is 11.1 Å². The Kier molecular flexibility index (Phi) is 6.89. The van der Waals surface area contributed by atoms with Gasteiger partial charge in [0.1, 0.15) is 0 Å². The smallest absolute Gasteiger partial charge is 0.188 e. The molecule has 7 heteroatoms. The molecule has 0 radical (unpaired) electrons. The average molecular weight is 352 g/mol. The Hall–Kier alpha value is -1.15. The van der Waals surface area contributed by atoms with Crippen molar-refractivity contribution in [1.29, 1.82) is 0 Å². The molecule has 2 aliphatic rings. The van der Waals surface area contributed by atoms with Crippen LogP contribution in [0.5, 0.6) is 0 Å². The molecule has 0 spiro atoms. The number of rotatable bonds is 7. The lowest BCUT2D eigenvalue weighted by Crippen LogP contribution is -2.40. The Bertz CT molecular complexity index is 527. The second-order valence-electron chi connectivity index (χ2n) is 6.40. The van der Waals surface area contributed by atoms with Gasteiger partial charge in [0.05, 0.1) is 13.2 Å². The minimum atomic E-state index is 0.574. The van der Waals surface area contributed by atoms with E-state index in [1.54, 1.807) is 4.88 Å². The molecule has 24 heavy (non-hydrogen) atoms. The highest BCUT2D eigenvalue weighted by Gasteiger charge is 2.16. The van der Waals surface area contributed by atoms with Gasteiger partial charge in [-0.1, -0.05) is 0 Å². The predicted molar refractivity (Wildman–Crippen MR) is 99.7 cm³/mol. The van der Waals surface area contributed by atoms with Crippen LogP contribution in [0.25, 0.3) is 0 Å². The van der Waals surface area contributed by atoms with E-state index in [1.165, 1.54) is 12.0 Å². The molecule has 0 aliphatic carbocycles. The first-order valence-electron chi connectivity index (χ1n) is 8.93. The van der Waals surface area contributed by atoms with Crippen molar-refractivity contribution in [1.82, 2.24) is 15.1 Å². The van der Waals surface area contributed by atoms with E-state index in [4.69, 9.17) is 10.5 Å². The van der Waals surface area contributed by atoms with Gasteiger partial charge in [-0.15, -0.1) is 11.3 Å². The van der Waals surface area contributed by atoms with Gasteiger partial charge >= 0.3 is 0 Å². The third-order valence-electron chi connectivity index (χ3n) is 4.64. The summed E-state index contributed by atoms with van der Waals surface area (Å²) in [6.07, 6.45) is 2.23. The molecule has 2 aliphatic heterocycles. The highest BCUT2D eigenvalue weighted by molar-refractivity contribution is 7.10. The standard InChI is InChI=1S/C17H29N5OS/c18-17(19-4-1-6-21-9-11-23-12-10-21)20-5-8-22-7-2-16-15(14-22)3-13-24-16/h3,13H,1-2,4-12,14H2,(H3,18,19,20). The Labute approximate surface area is 148 Å². The number of morpholine rings is 1. The summed E-state index contributed by atoms with van der Waals surface area (Å²) in [7, 11) is 0. The first-order chi connectivity index (χ1) is 11.8. The molecule has 3 heterocycles. The van der Waals surface area contributed by atoms with Crippen molar-refractivity contribution >= 4 is 17.3 Å². The maximum absolute atomic E-state index is 5.96. The second kappa shape index (κ2) is 9.36. The van der Waals surface area contributed by atoms with Gasteiger partial charge in [0.25, 0.3) is 0 Å². The van der Waals surface area contributed by atoms with Crippen LogP contribution in [0.15, 0.2) is 16.4 Å². The van der Waals surface area contributed by atoms with Crippen LogP contribution in [-0.4, -0.2) is 74.8 Å². The lowest BCUT2D eigenvalue weighted by atomic mass is 10.1. The first kappa shape index (κ1) is 17.7. The summed E-state index contributed by atoms with van der Waals surface area (Å²) < 4.78 is 5.35. The molecule has 0 saturated carbocycles. The van der Waals surface area contributed by atoms with Gasteiger partial charge < -0.3 is 15.8 Å². The molecule has 1 aromatic heterocycles. The number of nitrogens with two attached hydrogens (primary N) is 1. The summed E-state index contributed by atoms with van der Waals surface area (Å²) in [5.74, 6) is 0.574. The summed E-state index contributed by atoms with van der Waals surface area (Å²) in [5, 5.41) is 5.44. The molecule has 6 nitrogen and oxygen atoms in total. The number of aliphatic imine (C=N–C) groups is 1. The zero-order valence-electron chi connectivity index (χ0n) is 14.4. The normalized spacial score (nSPS) is 20.1. The van der Waals surface area contributed by atoms with Gasteiger partial charge in [0.2, 0.25) is 0 Å². The van der Waals surface area contributed by atoms with Crippen molar-refractivity contribution in [3.8, 4) is 0 Å². The van der Waals surface area contributed by atoms with Crippen molar-refractivity contribution in [2.24, 2.45) is 10.7 Å². The Morgan fingerprint density at radius 1 is 1.25 bits per heavy atom. The number of guanidine groups is 1. The first-order valence-corrected chi connectivity index (χ1v) is 9.81. The summed E-state index contributed by atoms with van der Waals surface area (Å²) in [6.45, 7) is 9.75. The molecular weight excluding hydrogens is 322 g/mol. The number of thiophene rings is 1. The van der Waals surface area contributed by atoms with Crippen LogP contribution in [0, 0.1) is 0 Å². The quantitative estimate of drug-likeness (QED) is 0.431. The van der Waals surface area contributed by atoms with Gasteiger partial charge in [-0.3, -0.25) is 14.8 Å². The highest BCUT2D eigenvalue weighted by atomic mass is 32.1. The molecule has 1 aromatic rings. The third-order valence-corrected chi connectivity index (χ3v) is 5.66. The Morgan fingerprint density at radius 3 is 3.00 bits per heavy atom. The van der Waals surface area contributed by atoms with E-state index in [0.717, 1.165) is 72.0 Å². The Balaban J connectivity index is 1.26. The summed E-state index contributed by atoms with van der Waals surface area (Å²) in [5.41, 5.74) is 7.45. The van der Waals surface area contributed by atoms with Crippen molar-refractivity contribution < 1.29 is 4.74 Å². The fourth-order valence-electron chi connectivity index (χ4n) is 3.21. The number of hydrogen-bond donors (Lipinski definition) is 2. The maximum Gasteiger partial charge on any atom is 0.188 e. The zero-order valence-corrected chi connectivity index (χ0v) is 15.2. The molecule has 3 rings (SSSR count). The number of nitrogens with zero attached hydrogens (tertiary/aromatic N) is 3. The number of nitrogens with one attached hydrogen (secondary N) is 1. The fraction of sp³-hybridized carbons (Fsp3) is 0.706. The maximum atomic E-state index is 5.96. The number of hydrogen-bond acceptors (Lipinski definition) is 5. The lowest BCUT2D eigenvalue weighted by molar-refractivity contribution is 0.0377. The Morgan fingerprint density at radius 2 is 2.12 bits per heavy atom. The van der Waals surface area contributed by atoms with Gasteiger partial charge in [-0.25, -0.2) is 0 Å². The molecule has 134 valence electrons. The highest BCUT2D eigenvalue weighted by Crippen LogP contribution is 2.23. The number of fused-ring (bicyclic) bond motifs is 1. The van der Waals surface area contributed by atoms with Crippen LogP contribution >= 0.6 is 11.3 Å². The monoisotopic (exact) mass is 351 g/mol. The minimum Gasteiger partial charge on any atom is -0.379 e.